The van der Waals surface area contributed by atoms with Crippen LogP contribution in [0.15, 0.2) is 122 Å². The van der Waals surface area contributed by atoms with E-state index in [4.69, 9.17) is 0 Å². The van der Waals surface area contributed by atoms with Crippen molar-refractivity contribution in [2.24, 2.45) is 0 Å². The van der Waals surface area contributed by atoms with Crippen molar-refractivity contribution in [3.63, 3.8) is 0 Å². The predicted octanol–water partition coefficient (Wildman–Crippen LogP) is 4.72. The highest BCUT2D eigenvalue weighted by Gasteiger charge is 2.18. The summed E-state index contributed by atoms with van der Waals surface area (Å²) in [5, 5.41) is 0. The molecule has 190 valence electrons. The van der Waals surface area contributed by atoms with Gasteiger partial charge in [-0.2, -0.15) is 0 Å². The number of aromatic nitrogens is 4. The number of hydrogen-bond donors (Lipinski definition) is 0. The Hall–Kier alpha value is -4.03. The van der Waals surface area contributed by atoms with Gasteiger partial charge in [0.25, 0.3) is 0 Å². The Morgan fingerprint density at radius 2 is 0.921 bits per heavy atom. The van der Waals surface area contributed by atoms with Crippen molar-refractivity contribution < 1.29 is 13.3 Å². The van der Waals surface area contributed by atoms with E-state index in [0.717, 1.165) is 26.2 Å². The third kappa shape index (κ3) is 5.31. The van der Waals surface area contributed by atoms with Crippen LogP contribution < -0.4 is 9.13 Å². The standard InChI is InChI=1S/C32H32N4OS/c37-38(21-19-33-25-35(23-27-11-3-1-4-12-27)31-17-9-7-15-29(31)33)22-20-34-26-36(24-28-13-5-2-6-14-28)32-18-10-8-16-30(32)34/h1-18,25-26H,19-24H2/q+2. The van der Waals surface area contributed by atoms with Gasteiger partial charge in [0.15, 0.2) is 22.1 Å². The van der Waals surface area contributed by atoms with Crippen molar-refractivity contribution in [2.45, 2.75) is 26.2 Å². The molecule has 0 unspecified atom stereocenters. The van der Waals surface area contributed by atoms with Gasteiger partial charge in [-0.25, -0.2) is 18.3 Å². The van der Waals surface area contributed by atoms with Crippen LogP contribution in [0.25, 0.3) is 22.1 Å². The Morgan fingerprint density at radius 3 is 1.37 bits per heavy atom. The van der Waals surface area contributed by atoms with Crippen LogP contribution in [0.1, 0.15) is 11.1 Å². The van der Waals surface area contributed by atoms with Crippen molar-refractivity contribution in [1.82, 2.24) is 9.13 Å². The summed E-state index contributed by atoms with van der Waals surface area (Å²) in [6.07, 6.45) is 4.33. The first-order chi connectivity index (χ1) is 18.7. The number of nitrogens with zero attached hydrogens (tertiary/aromatic N) is 4. The molecule has 0 aliphatic carbocycles. The summed E-state index contributed by atoms with van der Waals surface area (Å²) in [4.78, 5) is 0. The molecule has 0 saturated heterocycles. The molecular formula is C32H32N4OS+2. The minimum atomic E-state index is -0.924. The lowest BCUT2D eigenvalue weighted by atomic mass is 10.2. The number of hydrogen-bond acceptors (Lipinski definition) is 1. The van der Waals surface area contributed by atoms with Crippen LogP contribution in [0, 0.1) is 0 Å². The second-order valence-corrected chi connectivity index (χ2v) is 11.4. The molecule has 0 aliphatic heterocycles. The Labute approximate surface area is 225 Å². The first kappa shape index (κ1) is 24.3. The average molecular weight is 521 g/mol. The zero-order chi connectivity index (χ0) is 25.7. The fraction of sp³-hybridized carbons (Fsp3) is 0.188. The first-order valence-corrected chi connectivity index (χ1v) is 14.6. The van der Waals surface area contributed by atoms with Gasteiger partial charge < -0.3 is 0 Å². The van der Waals surface area contributed by atoms with E-state index in [-0.39, 0.29) is 0 Å². The molecule has 2 aromatic heterocycles. The summed E-state index contributed by atoms with van der Waals surface area (Å²) in [5.41, 5.74) is 7.30. The summed E-state index contributed by atoms with van der Waals surface area (Å²) >= 11 is 0. The van der Waals surface area contributed by atoms with Crippen LogP contribution in [0.5, 0.6) is 0 Å². The Kier molecular flexibility index (Phi) is 7.14. The highest BCUT2D eigenvalue weighted by molar-refractivity contribution is 7.84. The molecule has 2 heterocycles. The maximum Gasteiger partial charge on any atom is 0.245 e. The van der Waals surface area contributed by atoms with Gasteiger partial charge in [0.2, 0.25) is 12.7 Å². The van der Waals surface area contributed by atoms with Crippen LogP contribution in [0.4, 0.5) is 0 Å². The van der Waals surface area contributed by atoms with E-state index >= 15 is 0 Å². The highest BCUT2D eigenvalue weighted by atomic mass is 32.2. The van der Waals surface area contributed by atoms with E-state index in [1.807, 2.05) is 12.1 Å². The summed E-state index contributed by atoms with van der Waals surface area (Å²) in [6.45, 7) is 3.10. The van der Waals surface area contributed by atoms with E-state index in [0.29, 0.717) is 11.5 Å². The summed E-state index contributed by atoms with van der Waals surface area (Å²) in [6, 6.07) is 38.0. The Bertz CT molecular complexity index is 1560. The van der Waals surface area contributed by atoms with Gasteiger partial charge >= 0.3 is 0 Å². The highest BCUT2D eigenvalue weighted by Crippen LogP contribution is 2.14. The second kappa shape index (κ2) is 11.2. The minimum Gasteiger partial charge on any atom is -0.259 e. The van der Waals surface area contributed by atoms with Crippen LogP contribution in [0.3, 0.4) is 0 Å². The molecule has 0 spiro atoms. The SMILES string of the molecule is O=S(CCn1c[n+](Cc2ccccc2)c2ccccc21)CCn1c[n+](Cc2ccccc2)c2ccccc21. The van der Waals surface area contributed by atoms with Crippen LogP contribution in [-0.2, 0) is 37.0 Å². The topological polar surface area (TPSA) is 34.7 Å². The van der Waals surface area contributed by atoms with Gasteiger partial charge in [-0.1, -0.05) is 84.9 Å². The third-order valence-corrected chi connectivity index (χ3v) is 8.35. The largest absolute Gasteiger partial charge is 0.259 e. The summed E-state index contributed by atoms with van der Waals surface area (Å²) in [7, 11) is -0.924. The van der Waals surface area contributed by atoms with Crippen molar-refractivity contribution in [1.29, 1.82) is 0 Å². The lowest BCUT2D eigenvalue weighted by Crippen LogP contribution is -2.33. The molecule has 4 aromatic carbocycles. The van der Waals surface area contributed by atoms with Gasteiger partial charge in [-0.05, 0) is 35.4 Å². The molecular weight excluding hydrogens is 488 g/mol. The summed E-state index contributed by atoms with van der Waals surface area (Å²) in [5.74, 6) is 1.26. The Morgan fingerprint density at radius 1 is 0.526 bits per heavy atom. The normalized spacial score (nSPS) is 11.6. The molecule has 0 aliphatic rings. The second-order valence-electron chi connectivity index (χ2n) is 9.67. The lowest BCUT2D eigenvalue weighted by Gasteiger charge is -2.01. The smallest absolute Gasteiger partial charge is 0.245 e. The fourth-order valence-electron chi connectivity index (χ4n) is 5.16. The van der Waals surface area contributed by atoms with Crippen molar-refractivity contribution in [3.05, 3.63) is 133 Å². The molecule has 0 atom stereocenters. The van der Waals surface area contributed by atoms with Crippen molar-refractivity contribution in [3.8, 4) is 0 Å². The first-order valence-electron chi connectivity index (χ1n) is 13.1. The monoisotopic (exact) mass is 520 g/mol. The van der Waals surface area contributed by atoms with E-state index in [9.17, 15) is 4.21 Å². The lowest BCUT2D eigenvalue weighted by molar-refractivity contribution is -0.663. The fourth-order valence-corrected chi connectivity index (χ4v) is 6.16. The number of para-hydroxylation sites is 4. The Balaban J connectivity index is 1.14. The maximum atomic E-state index is 13.1. The van der Waals surface area contributed by atoms with Gasteiger partial charge in [0.1, 0.15) is 26.2 Å². The van der Waals surface area contributed by atoms with Crippen LogP contribution in [0.2, 0.25) is 0 Å². The molecule has 0 radical (unpaired) electrons. The van der Waals surface area contributed by atoms with Gasteiger partial charge in [0.05, 0.1) is 11.5 Å². The molecule has 0 fully saturated rings. The molecule has 0 amide bonds. The van der Waals surface area contributed by atoms with E-state index in [1.165, 1.54) is 33.2 Å². The molecule has 6 rings (SSSR count). The molecule has 38 heavy (non-hydrogen) atoms. The number of fused-ring (bicyclic) bond motifs is 2. The van der Waals surface area contributed by atoms with Crippen molar-refractivity contribution in [2.75, 3.05) is 11.5 Å². The number of rotatable bonds is 10. The maximum absolute atomic E-state index is 13.1. The number of imidazole rings is 2. The molecule has 6 aromatic rings. The predicted molar refractivity (Wildman–Crippen MR) is 153 cm³/mol. The zero-order valence-corrected chi connectivity index (χ0v) is 22.2. The molecule has 0 N–H and O–H groups in total. The van der Waals surface area contributed by atoms with Crippen LogP contribution >= 0.6 is 0 Å². The van der Waals surface area contributed by atoms with Gasteiger partial charge in [0, 0.05) is 10.8 Å². The quantitative estimate of drug-likeness (QED) is 0.241. The molecule has 6 heteroatoms. The van der Waals surface area contributed by atoms with Crippen molar-refractivity contribution >= 4 is 32.9 Å². The number of aryl methyl sites for hydroxylation is 2. The van der Waals surface area contributed by atoms with Crippen LogP contribution in [-0.4, -0.2) is 24.8 Å². The van der Waals surface area contributed by atoms with Gasteiger partial charge in [-0.3, -0.25) is 4.21 Å². The van der Waals surface area contributed by atoms with E-state index in [1.54, 1.807) is 0 Å². The number of benzene rings is 4. The molecule has 0 saturated carbocycles. The molecule has 5 nitrogen and oxygen atoms in total. The average Bonchev–Trinajstić information content (AvgIpc) is 3.50. The summed E-state index contributed by atoms with van der Waals surface area (Å²) < 4.78 is 22.2. The van der Waals surface area contributed by atoms with E-state index < -0.39 is 10.8 Å². The van der Waals surface area contributed by atoms with E-state index in [2.05, 4.69) is 128 Å². The van der Waals surface area contributed by atoms with Gasteiger partial charge in [-0.15, -0.1) is 0 Å². The zero-order valence-electron chi connectivity index (χ0n) is 21.4. The third-order valence-electron chi connectivity index (χ3n) is 7.07. The minimum absolute atomic E-state index is 0.632. The molecule has 0 bridgehead atoms.